The Morgan fingerprint density at radius 2 is 1.75 bits per heavy atom. The number of esters is 1. The van der Waals surface area contributed by atoms with E-state index >= 15 is 0 Å². The molecule has 0 aliphatic carbocycles. The summed E-state index contributed by atoms with van der Waals surface area (Å²) < 4.78 is 15.5. The summed E-state index contributed by atoms with van der Waals surface area (Å²) in [6, 6.07) is 16.1. The zero-order chi connectivity index (χ0) is 19.8. The van der Waals surface area contributed by atoms with E-state index in [4.69, 9.17) is 14.2 Å². The van der Waals surface area contributed by atoms with Crippen LogP contribution in [0.15, 0.2) is 48.5 Å². The minimum atomic E-state index is -0.314. The second-order valence-corrected chi connectivity index (χ2v) is 6.76. The fraction of sp³-hybridized carbons (Fsp3) is 0.409. The molecule has 1 N–H and O–H groups in total. The second-order valence-electron chi connectivity index (χ2n) is 6.76. The van der Waals surface area contributed by atoms with Crippen LogP contribution in [0, 0.1) is 0 Å². The summed E-state index contributed by atoms with van der Waals surface area (Å²) in [4.78, 5) is 14.0. The van der Waals surface area contributed by atoms with Crippen molar-refractivity contribution in [3.8, 4) is 5.75 Å². The van der Waals surface area contributed by atoms with E-state index in [0.29, 0.717) is 5.56 Å². The average Bonchev–Trinajstić information content (AvgIpc) is 2.77. The van der Waals surface area contributed by atoms with Crippen LogP contribution in [-0.2, 0) is 16.0 Å². The first-order chi connectivity index (χ1) is 13.7. The van der Waals surface area contributed by atoms with Gasteiger partial charge in [0.2, 0.25) is 0 Å². The second kappa shape index (κ2) is 10.2. The zero-order valence-corrected chi connectivity index (χ0v) is 16.5. The van der Waals surface area contributed by atoms with Crippen LogP contribution in [0.2, 0.25) is 0 Å². The number of ether oxygens (including phenoxy) is 3. The Balaban J connectivity index is 1.63. The van der Waals surface area contributed by atoms with Gasteiger partial charge in [-0.1, -0.05) is 24.3 Å². The number of nitrogens with one attached hydrogen (secondary N) is 1. The van der Waals surface area contributed by atoms with Crippen molar-refractivity contribution < 1.29 is 19.0 Å². The summed E-state index contributed by atoms with van der Waals surface area (Å²) in [5.74, 6) is 0.550. The van der Waals surface area contributed by atoms with Crippen LogP contribution >= 0.6 is 0 Å². The summed E-state index contributed by atoms with van der Waals surface area (Å²) in [5, 5.41) is 3.56. The van der Waals surface area contributed by atoms with Gasteiger partial charge in [-0.05, 0) is 35.4 Å². The number of benzene rings is 2. The number of carbonyl (C=O) groups is 1. The molecule has 3 rings (SSSR count). The molecule has 28 heavy (non-hydrogen) atoms. The van der Waals surface area contributed by atoms with Gasteiger partial charge >= 0.3 is 5.97 Å². The molecule has 1 saturated heterocycles. The molecule has 1 atom stereocenters. The Labute approximate surface area is 166 Å². The molecular weight excluding hydrogens is 356 g/mol. The van der Waals surface area contributed by atoms with Gasteiger partial charge < -0.3 is 19.5 Å². The number of carbonyl (C=O) groups excluding carboxylic acids is 1. The van der Waals surface area contributed by atoms with Crippen molar-refractivity contribution in [1.29, 1.82) is 0 Å². The minimum Gasteiger partial charge on any atom is -0.497 e. The number of methoxy groups -OCH3 is 2. The Bertz CT molecular complexity index is 740. The minimum absolute atomic E-state index is 0.268. The Morgan fingerprint density at radius 3 is 2.36 bits per heavy atom. The molecule has 1 heterocycles. The molecule has 150 valence electrons. The number of hydrogen-bond donors (Lipinski definition) is 1. The monoisotopic (exact) mass is 384 g/mol. The molecule has 1 aliphatic heterocycles. The van der Waals surface area contributed by atoms with Crippen molar-refractivity contribution in [2.75, 3.05) is 47.1 Å². The number of hydrogen-bond acceptors (Lipinski definition) is 6. The highest BCUT2D eigenvalue weighted by atomic mass is 16.5. The van der Waals surface area contributed by atoms with E-state index in [1.165, 1.54) is 12.7 Å². The molecule has 0 spiro atoms. The first kappa shape index (κ1) is 20.3. The van der Waals surface area contributed by atoms with Gasteiger partial charge in [0.25, 0.3) is 0 Å². The topological polar surface area (TPSA) is 60.0 Å². The molecule has 0 bridgehead atoms. The van der Waals surface area contributed by atoms with E-state index < -0.39 is 0 Å². The molecule has 2 aromatic rings. The standard InChI is InChI=1S/C22H28N2O4/c1-26-20-9-7-18(8-10-20)21(24-11-13-28-14-12-24)16-23-15-17-3-5-19(6-4-17)22(25)27-2/h3-10,21,23H,11-16H2,1-2H3. The van der Waals surface area contributed by atoms with E-state index in [1.807, 2.05) is 24.3 Å². The fourth-order valence-electron chi connectivity index (χ4n) is 3.40. The van der Waals surface area contributed by atoms with E-state index in [2.05, 4.69) is 22.3 Å². The Kier molecular flexibility index (Phi) is 7.42. The van der Waals surface area contributed by atoms with Crippen LogP contribution in [0.25, 0.3) is 0 Å². The number of nitrogens with zero attached hydrogens (tertiary/aromatic N) is 1. The van der Waals surface area contributed by atoms with Crippen molar-refractivity contribution >= 4 is 5.97 Å². The maximum absolute atomic E-state index is 11.5. The highest BCUT2D eigenvalue weighted by molar-refractivity contribution is 5.89. The molecule has 1 unspecified atom stereocenters. The van der Waals surface area contributed by atoms with Gasteiger partial charge in [-0.15, -0.1) is 0 Å². The van der Waals surface area contributed by atoms with E-state index in [9.17, 15) is 4.79 Å². The van der Waals surface area contributed by atoms with Crippen molar-refractivity contribution in [3.05, 3.63) is 65.2 Å². The lowest BCUT2D eigenvalue weighted by atomic mass is 10.0. The maximum atomic E-state index is 11.5. The van der Waals surface area contributed by atoms with Gasteiger partial charge in [0.05, 0.1) is 33.0 Å². The first-order valence-corrected chi connectivity index (χ1v) is 9.55. The Morgan fingerprint density at radius 1 is 1.07 bits per heavy atom. The van der Waals surface area contributed by atoms with E-state index in [1.54, 1.807) is 19.2 Å². The molecule has 6 heteroatoms. The molecule has 0 aromatic heterocycles. The highest BCUT2D eigenvalue weighted by Gasteiger charge is 2.22. The van der Waals surface area contributed by atoms with Crippen molar-refractivity contribution in [2.24, 2.45) is 0 Å². The van der Waals surface area contributed by atoms with E-state index in [0.717, 1.165) is 50.7 Å². The molecule has 6 nitrogen and oxygen atoms in total. The quantitative estimate of drug-likeness (QED) is 0.706. The first-order valence-electron chi connectivity index (χ1n) is 9.55. The average molecular weight is 384 g/mol. The Hall–Kier alpha value is -2.41. The van der Waals surface area contributed by atoms with Crippen LogP contribution < -0.4 is 10.1 Å². The number of rotatable bonds is 8. The predicted octanol–water partition coefficient (Wildman–Crippen LogP) is 2.64. The van der Waals surface area contributed by atoms with Crippen LogP contribution in [0.5, 0.6) is 5.75 Å². The highest BCUT2D eigenvalue weighted by Crippen LogP contribution is 2.23. The molecule has 0 saturated carbocycles. The summed E-state index contributed by atoms with van der Waals surface area (Å²) in [6.07, 6.45) is 0. The molecular formula is C22H28N2O4. The van der Waals surface area contributed by atoms with Gasteiger partial charge in [0.1, 0.15) is 5.75 Å². The van der Waals surface area contributed by atoms with Gasteiger partial charge in [-0.25, -0.2) is 4.79 Å². The zero-order valence-electron chi connectivity index (χ0n) is 16.5. The van der Waals surface area contributed by atoms with Gasteiger partial charge in [0, 0.05) is 32.2 Å². The fourth-order valence-corrected chi connectivity index (χ4v) is 3.40. The third-order valence-corrected chi connectivity index (χ3v) is 5.03. The predicted molar refractivity (Wildman–Crippen MR) is 108 cm³/mol. The normalized spacial score (nSPS) is 15.8. The SMILES string of the molecule is COC(=O)c1ccc(CNCC(c2ccc(OC)cc2)N2CCOCC2)cc1. The molecule has 1 aliphatic rings. The molecule has 2 aromatic carbocycles. The van der Waals surface area contributed by atoms with Crippen molar-refractivity contribution in [3.63, 3.8) is 0 Å². The lowest BCUT2D eigenvalue weighted by Crippen LogP contribution is -2.42. The van der Waals surface area contributed by atoms with Gasteiger partial charge in [-0.3, -0.25) is 4.90 Å². The van der Waals surface area contributed by atoms with Crippen molar-refractivity contribution in [1.82, 2.24) is 10.2 Å². The summed E-state index contributed by atoms with van der Waals surface area (Å²) >= 11 is 0. The van der Waals surface area contributed by atoms with Crippen LogP contribution in [0.3, 0.4) is 0 Å². The molecule has 0 amide bonds. The van der Waals surface area contributed by atoms with Crippen LogP contribution in [-0.4, -0.2) is 57.9 Å². The summed E-state index contributed by atoms with van der Waals surface area (Å²) in [7, 11) is 3.07. The number of morpholine rings is 1. The smallest absolute Gasteiger partial charge is 0.337 e. The summed E-state index contributed by atoms with van der Waals surface area (Å²) in [5.41, 5.74) is 2.95. The third-order valence-electron chi connectivity index (χ3n) is 5.03. The largest absolute Gasteiger partial charge is 0.497 e. The van der Waals surface area contributed by atoms with Gasteiger partial charge in [-0.2, -0.15) is 0 Å². The molecule has 0 radical (unpaired) electrons. The van der Waals surface area contributed by atoms with Crippen LogP contribution in [0.1, 0.15) is 27.5 Å². The van der Waals surface area contributed by atoms with Crippen LogP contribution in [0.4, 0.5) is 0 Å². The van der Waals surface area contributed by atoms with E-state index in [-0.39, 0.29) is 12.0 Å². The van der Waals surface area contributed by atoms with Crippen molar-refractivity contribution in [2.45, 2.75) is 12.6 Å². The lowest BCUT2D eigenvalue weighted by Gasteiger charge is -2.35. The lowest BCUT2D eigenvalue weighted by molar-refractivity contribution is 0.0161. The van der Waals surface area contributed by atoms with Gasteiger partial charge in [0.15, 0.2) is 0 Å². The molecule has 1 fully saturated rings. The maximum Gasteiger partial charge on any atom is 0.337 e. The summed E-state index contributed by atoms with van der Waals surface area (Å²) in [6.45, 7) is 4.94. The third kappa shape index (κ3) is 5.32.